The van der Waals surface area contributed by atoms with Crippen molar-refractivity contribution < 1.29 is 13.2 Å². The molecule has 1 fully saturated rings. The van der Waals surface area contributed by atoms with Gasteiger partial charge in [-0.2, -0.15) is 13.2 Å². The van der Waals surface area contributed by atoms with Crippen molar-refractivity contribution in [3.8, 4) is 0 Å². The van der Waals surface area contributed by atoms with Crippen LogP contribution < -0.4 is 5.32 Å². The lowest BCUT2D eigenvalue weighted by atomic mass is 9.70. The van der Waals surface area contributed by atoms with Crippen LogP contribution in [0.4, 0.5) is 24.8 Å². The lowest BCUT2D eigenvalue weighted by Crippen LogP contribution is -2.29. The molecule has 1 saturated carbocycles. The number of fused-ring (bicyclic) bond motifs is 1. The largest absolute Gasteiger partial charge is 0.416 e. The van der Waals surface area contributed by atoms with Gasteiger partial charge in [0.25, 0.3) is 0 Å². The summed E-state index contributed by atoms with van der Waals surface area (Å²) in [6.07, 6.45) is -1.04. The van der Waals surface area contributed by atoms with E-state index in [1.165, 1.54) is 18.6 Å². The lowest BCUT2D eigenvalue weighted by Gasteiger charge is -2.40. The third kappa shape index (κ3) is 4.11. The number of aromatic nitrogens is 2. The summed E-state index contributed by atoms with van der Waals surface area (Å²) in [5.41, 5.74) is 2.12. The number of hydrogen-bond donors (Lipinski definition) is 1. The van der Waals surface area contributed by atoms with Gasteiger partial charge in [-0.1, -0.05) is 32.9 Å². The summed E-state index contributed by atoms with van der Waals surface area (Å²) in [6, 6.07) is 13.4. The first-order chi connectivity index (χ1) is 13.6. The number of anilines is 2. The second-order valence-electron chi connectivity index (χ2n) is 9.06. The molecule has 2 unspecified atom stereocenters. The normalized spacial score (nSPS) is 22.0. The van der Waals surface area contributed by atoms with Gasteiger partial charge >= 0.3 is 6.18 Å². The molecule has 1 aliphatic rings. The Morgan fingerprint density at radius 3 is 2.38 bits per heavy atom. The first kappa shape index (κ1) is 19.8. The minimum absolute atomic E-state index is 0.235. The van der Waals surface area contributed by atoms with E-state index in [1.54, 1.807) is 0 Å². The van der Waals surface area contributed by atoms with Gasteiger partial charge in [-0.05, 0) is 67.0 Å². The highest BCUT2D eigenvalue weighted by Gasteiger charge is 2.34. The van der Waals surface area contributed by atoms with E-state index in [4.69, 9.17) is 4.98 Å². The minimum atomic E-state index is -4.34. The van der Waals surface area contributed by atoms with Crippen molar-refractivity contribution in [1.82, 2.24) is 9.55 Å². The molecule has 29 heavy (non-hydrogen) atoms. The smallest absolute Gasteiger partial charge is 0.326 e. The maximum Gasteiger partial charge on any atom is 0.416 e. The summed E-state index contributed by atoms with van der Waals surface area (Å²) in [5, 5.41) is 3.26. The van der Waals surface area contributed by atoms with E-state index in [9.17, 15) is 13.2 Å². The van der Waals surface area contributed by atoms with Crippen LogP contribution in [0.25, 0.3) is 11.0 Å². The zero-order valence-electron chi connectivity index (χ0n) is 16.9. The summed E-state index contributed by atoms with van der Waals surface area (Å²) < 4.78 is 40.8. The van der Waals surface area contributed by atoms with Gasteiger partial charge in [-0.25, -0.2) is 4.98 Å². The van der Waals surface area contributed by atoms with Gasteiger partial charge in [0.15, 0.2) is 0 Å². The number of nitrogens with zero attached hydrogens (tertiary/aromatic N) is 2. The van der Waals surface area contributed by atoms with E-state index >= 15 is 0 Å². The molecule has 2 atom stereocenters. The van der Waals surface area contributed by atoms with Crippen molar-refractivity contribution >= 4 is 22.7 Å². The summed E-state index contributed by atoms with van der Waals surface area (Å²) in [5.74, 6) is 1.28. The molecule has 1 aromatic heterocycles. The molecule has 0 spiro atoms. The van der Waals surface area contributed by atoms with Crippen molar-refractivity contribution in [1.29, 1.82) is 0 Å². The molecular formula is C23H26F3N3. The number of hydrogen-bond acceptors (Lipinski definition) is 2. The number of alkyl halides is 3. The minimum Gasteiger partial charge on any atom is -0.326 e. The molecule has 2 aromatic carbocycles. The van der Waals surface area contributed by atoms with Crippen LogP contribution in [-0.2, 0) is 6.18 Å². The van der Waals surface area contributed by atoms with Crippen LogP contribution in [0, 0.1) is 11.3 Å². The van der Waals surface area contributed by atoms with Gasteiger partial charge in [-0.3, -0.25) is 0 Å². The standard InChI is InChI=1S/C23H26F3N3/c1-15-12-18(14-22(2,3)13-15)29-20-7-5-4-6-19(20)28-21(29)27-17-10-8-16(9-11-17)23(24,25)26/h4-11,15,18H,12-14H2,1-3H3,(H,27,28). The van der Waals surface area contributed by atoms with Gasteiger partial charge in [0.2, 0.25) is 5.95 Å². The molecule has 1 aliphatic carbocycles. The first-order valence-corrected chi connectivity index (χ1v) is 10.0. The lowest BCUT2D eigenvalue weighted by molar-refractivity contribution is -0.137. The van der Waals surface area contributed by atoms with Crippen LogP contribution in [0.5, 0.6) is 0 Å². The molecule has 0 radical (unpaired) electrons. The van der Waals surface area contributed by atoms with Crippen molar-refractivity contribution in [2.45, 2.75) is 52.3 Å². The number of imidazole rings is 1. The molecule has 0 amide bonds. The van der Waals surface area contributed by atoms with Crippen molar-refractivity contribution in [3.05, 3.63) is 54.1 Å². The Kier molecular flexibility index (Phi) is 4.83. The van der Waals surface area contributed by atoms with Crippen LogP contribution in [0.1, 0.15) is 51.6 Å². The van der Waals surface area contributed by atoms with E-state index < -0.39 is 11.7 Å². The van der Waals surface area contributed by atoms with Crippen LogP contribution in [0.2, 0.25) is 0 Å². The van der Waals surface area contributed by atoms with Crippen LogP contribution in [0.3, 0.4) is 0 Å². The van der Waals surface area contributed by atoms with Gasteiger partial charge in [-0.15, -0.1) is 0 Å². The highest BCUT2D eigenvalue weighted by atomic mass is 19.4. The summed E-state index contributed by atoms with van der Waals surface area (Å²) in [6.45, 7) is 6.89. The van der Waals surface area contributed by atoms with Crippen LogP contribution in [0.15, 0.2) is 48.5 Å². The van der Waals surface area contributed by atoms with E-state index in [0.717, 1.165) is 36.0 Å². The molecule has 4 rings (SSSR count). The first-order valence-electron chi connectivity index (χ1n) is 10.0. The molecule has 1 heterocycles. The monoisotopic (exact) mass is 401 g/mol. The Balaban J connectivity index is 1.72. The Bertz CT molecular complexity index is 1000. The zero-order chi connectivity index (χ0) is 20.8. The van der Waals surface area contributed by atoms with Gasteiger partial charge in [0, 0.05) is 11.7 Å². The van der Waals surface area contributed by atoms with E-state index in [-0.39, 0.29) is 11.5 Å². The molecule has 0 saturated heterocycles. The van der Waals surface area contributed by atoms with Crippen LogP contribution >= 0.6 is 0 Å². The van der Waals surface area contributed by atoms with Crippen molar-refractivity contribution in [2.24, 2.45) is 11.3 Å². The Morgan fingerprint density at radius 2 is 1.72 bits per heavy atom. The molecule has 6 heteroatoms. The number of benzene rings is 2. The third-order valence-electron chi connectivity index (χ3n) is 5.79. The molecule has 0 aliphatic heterocycles. The predicted octanol–water partition coefficient (Wildman–Crippen LogP) is 7.19. The molecule has 0 bridgehead atoms. The molecular weight excluding hydrogens is 375 g/mol. The molecule has 154 valence electrons. The molecule has 3 nitrogen and oxygen atoms in total. The second-order valence-corrected chi connectivity index (χ2v) is 9.06. The fourth-order valence-electron chi connectivity index (χ4n) is 4.87. The maximum absolute atomic E-state index is 12.9. The van der Waals surface area contributed by atoms with E-state index in [2.05, 4.69) is 36.7 Å². The summed E-state index contributed by atoms with van der Waals surface area (Å²) >= 11 is 0. The van der Waals surface area contributed by atoms with Crippen LogP contribution in [-0.4, -0.2) is 9.55 Å². The van der Waals surface area contributed by atoms with E-state index in [1.807, 2.05) is 18.2 Å². The highest BCUT2D eigenvalue weighted by Crippen LogP contribution is 2.46. The van der Waals surface area contributed by atoms with E-state index in [0.29, 0.717) is 17.6 Å². The number of rotatable bonds is 3. The quantitative estimate of drug-likeness (QED) is 0.503. The van der Waals surface area contributed by atoms with Gasteiger partial charge < -0.3 is 9.88 Å². The fourth-order valence-corrected chi connectivity index (χ4v) is 4.87. The van der Waals surface area contributed by atoms with Crippen molar-refractivity contribution in [3.63, 3.8) is 0 Å². The topological polar surface area (TPSA) is 29.9 Å². The van der Waals surface area contributed by atoms with Gasteiger partial charge in [0.05, 0.1) is 16.6 Å². The Morgan fingerprint density at radius 1 is 1.03 bits per heavy atom. The molecule has 3 aromatic rings. The number of halogens is 3. The second kappa shape index (κ2) is 7.08. The average Bonchev–Trinajstić information content (AvgIpc) is 2.97. The summed E-state index contributed by atoms with van der Waals surface area (Å²) in [7, 11) is 0. The fraction of sp³-hybridized carbons (Fsp3) is 0.435. The molecule has 1 N–H and O–H groups in total. The Hall–Kier alpha value is -2.50. The zero-order valence-corrected chi connectivity index (χ0v) is 16.9. The van der Waals surface area contributed by atoms with Crippen molar-refractivity contribution in [2.75, 3.05) is 5.32 Å². The Labute approximate surface area is 168 Å². The van der Waals surface area contributed by atoms with Gasteiger partial charge in [0.1, 0.15) is 0 Å². The summed E-state index contributed by atoms with van der Waals surface area (Å²) in [4.78, 5) is 4.76. The third-order valence-corrected chi connectivity index (χ3v) is 5.79. The predicted molar refractivity (Wildman–Crippen MR) is 110 cm³/mol. The number of para-hydroxylation sites is 2. The highest BCUT2D eigenvalue weighted by molar-refractivity contribution is 5.80. The maximum atomic E-state index is 12.9. The SMILES string of the molecule is CC1CC(n2c(Nc3ccc(C(F)(F)F)cc3)nc3ccccc32)CC(C)(C)C1. The number of nitrogens with one attached hydrogen (secondary N) is 1. The average molecular weight is 401 g/mol.